The molecule has 16 heavy (non-hydrogen) atoms. The number of nitrogens with zero attached hydrogens (tertiary/aromatic N) is 2. The Kier molecular flexibility index (Phi) is 3.85. The third kappa shape index (κ3) is 3.01. The van der Waals surface area contributed by atoms with E-state index in [1.165, 1.54) is 0 Å². The Bertz CT molecular complexity index is 430. The van der Waals surface area contributed by atoms with Crippen molar-refractivity contribution >= 4 is 11.3 Å². The van der Waals surface area contributed by atoms with Crippen LogP contribution >= 0.6 is 11.3 Å². The van der Waals surface area contributed by atoms with Crippen molar-refractivity contribution in [1.82, 2.24) is 15.3 Å². The van der Waals surface area contributed by atoms with Gasteiger partial charge in [0.2, 0.25) is 0 Å². The van der Waals surface area contributed by atoms with Gasteiger partial charge in [0.25, 0.3) is 0 Å². The van der Waals surface area contributed by atoms with Gasteiger partial charge in [0, 0.05) is 18.1 Å². The van der Waals surface area contributed by atoms with Crippen LogP contribution < -0.4 is 10.1 Å². The summed E-state index contributed by atoms with van der Waals surface area (Å²) in [6.45, 7) is 1.30. The summed E-state index contributed by atoms with van der Waals surface area (Å²) in [4.78, 5) is 8.40. The molecule has 2 aromatic heterocycles. The molecule has 84 valence electrons. The molecule has 0 aliphatic carbocycles. The monoisotopic (exact) mass is 235 g/mol. The zero-order chi connectivity index (χ0) is 11.2. The molecule has 2 aromatic rings. The van der Waals surface area contributed by atoms with Crippen LogP contribution in [-0.2, 0) is 13.2 Å². The smallest absolute Gasteiger partial charge is 0.138 e. The van der Waals surface area contributed by atoms with E-state index in [4.69, 9.17) is 4.74 Å². The first-order chi connectivity index (χ1) is 7.88. The number of nitrogens with one attached hydrogen (secondary N) is 1. The molecule has 0 saturated carbocycles. The Morgan fingerprint density at radius 1 is 1.50 bits per heavy atom. The Morgan fingerprint density at radius 2 is 2.44 bits per heavy atom. The highest BCUT2D eigenvalue weighted by atomic mass is 32.1. The Balaban J connectivity index is 1.89. The fourth-order valence-electron chi connectivity index (χ4n) is 1.24. The summed E-state index contributed by atoms with van der Waals surface area (Å²) < 4.78 is 5.54. The average Bonchev–Trinajstić information content (AvgIpc) is 2.76. The van der Waals surface area contributed by atoms with Crippen molar-refractivity contribution in [3.05, 3.63) is 40.6 Å². The lowest BCUT2D eigenvalue weighted by atomic mass is 10.4. The zero-order valence-electron chi connectivity index (χ0n) is 9.01. The SMILES string of the molecule is CNCc1nc(COc2cccnc2)cs1. The maximum Gasteiger partial charge on any atom is 0.138 e. The highest BCUT2D eigenvalue weighted by molar-refractivity contribution is 7.09. The summed E-state index contributed by atoms with van der Waals surface area (Å²) >= 11 is 1.64. The number of hydrogen-bond acceptors (Lipinski definition) is 5. The Hall–Kier alpha value is -1.46. The van der Waals surface area contributed by atoms with Crippen LogP contribution in [-0.4, -0.2) is 17.0 Å². The first kappa shape index (κ1) is 11.0. The Labute approximate surface area is 98.3 Å². The van der Waals surface area contributed by atoms with Crippen LogP contribution in [0.1, 0.15) is 10.7 Å². The first-order valence-corrected chi connectivity index (χ1v) is 5.87. The lowest BCUT2D eigenvalue weighted by Crippen LogP contribution is -2.05. The van der Waals surface area contributed by atoms with E-state index in [9.17, 15) is 0 Å². The molecule has 0 bridgehead atoms. The van der Waals surface area contributed by atoms with E-state index in [0.717, 1.165) is 23.0 Å². The van der Waals surface area contributed by atoms with Gasteiger partial charge in [-0.3, -0.25) is 4.98 Å². The minimum Gasteiger partial charge on any atom is -0.486 e. The highest BCUT2D eigenvalue weighted by Gasteiger charge is 2.01. The van der Waals surface area contributed by atoms with Crippen molar-refractivity contribution in [2.24, 2.45) is 0 Å². The molecule has 0 aliphatic rings. The van der Waals surface area contributed by atoms with Gasteiger partial charge < -0.3 is 10.1 Å². The maximum absolute atomic E-state index is 5.54. The van der Waals surface area contributed by atoms with Crippen molar-refractivity contribution in [3.63, 3.8) is 0 Å². The number of hydrogen-bond donors (Lipinski definition) is 1. The van der Waals surface area contributed by atoms with Gasteiger partial charge in [0.1, 0.15) is 17.4 Å². The lowest BCUT2D eigenvalue weighted by Gasteiger charge is -2.02. The quantitative estimate of drug-likeness (QED) is 0.859. The van der Waals surface area contributed by atoms with Gasteiger partial charge in [-0.1, -0.05) is 0 Å². The minimum atomic E-state index is 0.492. The molecule has 5 heteroatoms. The molecule has 2 heterocycles. The summed E-state index contributed by atoms with van der Waals surface area (Å²) in [6.07, 6.45) is 3.42. The number of pyridine rings is 1. The van der Waals surface area contributed by atoms with E-state index >= 15 is 0 Å². The van der Waals surface area contributed by atoms with Crippen molar-refractivity contribution in [1.29, 1.82) is 0 Å². The summed E-state index contributed by atoms with van der Waals surface area (Å²) in [5.74, 6) is 0.769. The molecule has 0 spiro atoms. The predicted molar refractivity (Wildman–Crippen MR) is 63.4 cm³/mol. The molecule has 0 amide bonds. The molecule has 0 fully saturated rings. The van der Waals surface area contributed by atoms with Crippen molar-refractivity contribution < 1.29 is 4.74 Å². The second-order valence-corrected chi connectivity index (χ2v) is 4.18. The zero-order valence-corrected chi connectivity index (χ0v) is 9.83. The first-order valence-electron chi connectivity index (χ1n) is 4.99. The van der Waals surface area contributed by atoms with Crippen LogP contribution in [0.3, 0.4) is 0 Å². The third-order valence-electron chi connectivity index (χ3n) is 1.95. The lowest BCUT2D eigenvalue weighted by molar-refractivity contribution is 0.300. The fraction of sp³-hybridized carbons (Fsp3) is 0.273. The van der Waals surface area contributed by atoms with E-state index in [0.29, 0.717) is 6.61 Å². The van der Waals surface area contributed by atoms with Crippen molar-refractivity contribution in [3.8, 4) is 5.75 Å². The van der Waals surface area contributed by atoms with Crippen LogP contribution in [0, 0.1) is 0 Å². The molecule has 0 unspecified atom stereocenters. The van der Waals surface area contributed by atoms with Crippen molar-refractivity contribution in [2.45, 2.75) is 13.2 Å². The molecule has 4 nitrogen and oxygen atoms in total. The van der Waals surface area contributed by atoms with E-state index in [1.807, 2.05) is 24.6 Å². The molecular weight excluding hydrogens is 222 g/mol. The number of ether oxygens (including phenoxy) is 1. The molecule has 2 rings (SSSR count). The van der Waals surface area contributed by atoms with E-state index in [-0.39, 0.29) is 0 Å². The molecular formula is C11H13N3OS. The second-order valence-electron chi connectivity index (χ2n) is 3.24. The normalized spacial score (nSPS) is 10.3. The number of aromatic nitrogens is 2. The Morgan fingerprint density at radius 3 is 3.19 bits per heavy atom. The van der Waals surface area contributed by atoms with Gasteiger partial charge >= 0.3 is 0 Å². The van der Waals surface area contributed by atoms with E-state index in [1.54, 1.807) is 23.7 Å². The second kappa shape index (κ2) is 5.58. The summed E-state index contributed by atoms with van der Waals surface area (Å²) in [6, 6.07) is 3.73. The van der Waals surface area contributed by atoms with E-state index < -0.39 is 0 Å². The van der Waals surface area contributed by atoms with Gasteiger partial charge in [-0.15, -0.1) is 11.3 Å². The molecule has 1 N–H and O–H groups in total. The molecule has 0 aromatic carbocycles. The van der Waals surface area contributed by atoms with Crippen LogP contribution in [0.2, 0.25) is 0 Å². The standard InChI is InChI=1S/C11H13N3OS/c1-12-6-11-14-9(8-16-11)7-15-10-3-2-4-13-5-10/h2-5,8,12H,6-7H2,1H3. The van der Waals surface area contributed by atoms with Crippen LogP contribution in [0.25, 0.3) is 0 Å². The maximum atomic E-state index is 5.54. The van der Waals surface area contributed by atoms with Crippen LogP contribution in [0.5, 0.6) is 5.75 Å². The molecule has 0 radical (unpaired) electrons. The van der Waals surface area contributed by atoms with Gasteiger partial charge in [-0.25, -0.2) is 4.98 Å². The third-order valence-corrected chi connectivity index (χ3v) is 2.85. The fourth-order valence-corrected chi connectivity index (χ4v) is 2.03. The van der Waals surface area contributed by atoms with Gasteiger partial charge in [0.05, 0.1) is 11.9 Å². The summed E-state index contributed by atoms with van der Waals surface area (Å²) in [7, 11) is 1.91. The summed E-state index contributed by atoms with van der Waals surface area (Å²) in [5.41, 5.74) is 0.958. The molecule has 0 saturated heterocycles. The van der Waals surface area contributed by atoms with Crippen LogP contribution in [0.15, 0.2) is 29.9 Å². The van der Waals surface area contributed by atoms with Gasteiger partial charge in [-0.05, 0) is 19.2 Å². The predicted octanol–water partition coefficient (Wildman–Crippen LogP) is 1.84. The highest BCUT2D eigenvalue weighted by Crippen LogP contribution is 2.13. The molecule has 0 aliphatic heterocycles. The minimum absolute atomic E-state index is 0.492. The van der Waals surface area contributed by atoms with Crippen molar-refractivity contribution in [2.75, 3.05) is 7.05 Å². The largest absolute Gasteiger partial charge is 0.486 e. The van der Waals surface area contributed by atoms with Gasteiger partial charge in [-0.2, -0.15) is 0 Å². The van der Waals surface area contributed by atoms with Crippen LogP contribution in [0.4, 0.5) is 0 Å². The average molecular weight is 235 g/mol. The summed E-state index contributed by atoms with van der Waals surface area (Å²) in [5, 5.41) is 6.16. The van der Waals surface area contributed by atoms with E-state index in [2.05, 4.69) is 15.3 Å². The number of thiazole rings is 1. The van der Waals surface area contributed by atoms with Gasteiger partial charge in [0.15, 0.2) is 0 Å². The molecule has 0 atom stereocenters. The topological polar surface area (TPSA) is 47.0 Å². The number of rotatable bonds is 5.